The fraction of sp³-hybridized carbons (Fsp3) is 0.759. The zero-order chi connectivity index (χ0) is 26.1. The third kappa shape index (κ3) is 3.98. The third-order valence-electron chi connectivity index (χ3n) is 9.86. The van der Waals surface area contributed by atoms with E-state index in [0.717, 1.165) is 62.7 Å². The quantitative estimate of drug-likeness (QED) is 0.519. The summed E-state index contributed by atoms with van der Waals surface area (Å²) in [5.41, 5.74) is 1.29. The van der Waals surface area contributed by atoms with Crippen LogP contribution in [0.3, 0.4) is 0 Å². The Balaban J connectivity index is 1.34. The number of nitrogens with zero attached hydrogens (tertiary/aromatic N) is 5. The predicted molar refractivity (Wildman–Crippen MR) is 137 cm³/mol. The van der Waals surface area contributed by atoms with Crippen molar-refractivity contribution in [3.05, 3.63) is 11.3 Å². The Hall–Kier alpha value is -2.73. The Morgan fingerprint density at radius 2 is 1.82 bits per heavy atom. The second-order valence-corrected chi connectivity index (χ2v) is 12.5. The van der Waals surface area contributed by atoms with Crippen molar-refractivity contribution in [2.45, 2.75) is 95.2 Å². The molecule has 4 heterocycles. The summed E-state index contributed by atoms with van der Waals surface area (Å²) in [6.45, 7) is 3.68. The van der Waals surface area contributed by atoms with E-state index in [2.05, 4.69) is 6.07 Å². The summed E-state index contributed by atoms with van der Waals surface area (Å²) in [5.74, 6) is 1.34. The number of hydrogen-bond donors (Lipinski definition) is 0. The highest BCUT2D eigenvalue weighted by molar-refractivity contribution is 6.04. The van der Waals surface area contributed by atoms with E-state index in [1.807, 2.05) is 11.6 Å². The monoisotopic (exact) mass is 519 g/mol. The van der Waals surface area contributed by atoms with Gasteiger partial charge in [-0.2, -0.15) is 10.4 Å². The molecule has 2 saturated heterocycles. The van der Waals surface area contributed by atoms with Crippen LogP contribution in [0, 0.1) is 35.0 Å². The number of likely N-dealkylation sites (tertiary alicyclic amines) is 1. The van der Waals surface area contributed by atoms with Crippen LogP contribution in [0.4, 0.5) is 5.82 Å². The molecule has 0 bridgehead atoms. The number of aromatic nitrogens is 2. The first kappa shape index (κ1) is 24.3. The van der Waals surface area contributed by atoms with Gasteiger partial charge in [0.05, 0.1) is 18.0 Å². The molecule has 1 aromatic rings. The summed E-state index contributed by atoms with van der Waals surface area (Å²) in [4.78, 5) is 45.0. The van der Waals surface area contributed by atoms with E-state index in [0.29, 0.717) is 43.7 Å². The number of fused-ring (bicyclic) bond motifs is 2. The van der Waals surface area contributed by atoms with Crippen LogP contribution in [0.1, 0.15) is 99.1 Å². The molecule has 1 aromatic heterocycles. The second-order valence-electron chi connectivity index (χ2n) is 12.5. The molecule has 0 N–H and O–H groups in total. The smallest absolute Gasteiger partial charge is 0.276 e. The summed E-state index contributed by atoms with van der Waals surface area (Å²) >= 11 is 0. The lowest BCUT2D eigenvalue weighted by Crippen LogP contribution is -2.46. The highest BCUT2D eigenvalue weighted by atomic mass is 16.5. The molecule has 38 heavy (non-hydrogen) atoms. The molecule has 3 aliphatic carbocycles. The van der Waals surface area contributed by atoms with Crippen molar-refractivity contribution in [1.29, 1.82) is 5.26 Å². The van der Waals surface area contributed by atoms with Gasteiger partial charge in [0.2, 0.25) is 5.91 Å². The van der Waals surface area contributed by atoms with Crippen LogP contribution < -0.4 is 4.90 Å². The Labute approximate surface area is 223 Å². The van der Waals surface area contributed by atoms with Crippen molar-refractivity contribution in [2.24, 2.45) is 23.7 Å². The van der Waals surface area contributed by atoms with Crippen LogP contribution in [-0.4, -0.2) is 64.1 Å². The molecule has 0 aromatic carbocycles. The number of ether oxygens (including phenoxy) is 1. The Bertz CT molecular complexity index is 1200. The lowest BCUT2D eigenvalue weighted by atomic mass is 9.75. The molecule has 3 aliphatic heterocycles. The van der Waals surface area contributed by atoms with Crippen molar-refractivity contribution in [2.75, 3.05) is 24.7 Å². The molecule has 7 rings (SSSR count). The fourth-order valence-electron chi connectivity index (χ4n) is 7.51. The Morgan fingerprint density at radius 3 is 2.47 bits per heavy atom. The average molecular weight is 520 g/mol. The topological polar surface area (TPSA) is 109 Å². The van der Waals surface area contributed by atoms with E-state index < -0.39 is 12.0 Å². The minimum absolute atomic E-state index is 0.00610. The largest absolute Gasteiger partial charge is 0.381 e. The van der Waals surface area contributed by atoms with Gasteiger partial charge in [-0.05, 0) is 76.0 Å². The number of nitriles is 1. The number of carbonyl (C=O) groups is 3. The first-order valence-electron chi connectivity index (χ1n) is 14.8. The normalized spacial score (nSPS) is 32.6. The first-order chi connectivity index (χ1) is 18.5. The lowest BCUT2D eigenvalue weighted by molar-refractivity contribution is -0.129. The van der Waals surface area contributed by atoms with E-state index in [-0.39, 0.29) is 47.9 Å². The fourth-order valence-corrected chi connectivity index (χ4v) is 7.51. The summed E-state index contributed by atoms with van der Waals surface area (Å²) in [7, 11) is 0. The van der Waals surface area contributed by atoms with Gasteiger partial charge in [0.15, 0.2) is 5.69 Å². The van der Waals surface area contributed by atoms with E-state index in [9.17, 15) is 19.6 Å². The molecule has 3 saturated carbocycles. The second kappa shape index (κ2) is 9.18. The van der Waals surface area contributed by atoms with Gasteiger partial charge in [-0.3, -0.25) is 19.3 Å². The first-order valence-corrected chi connectivity index (χ1v) is 14.8. The number of Topliss-reactive ketones (excluding diaryl/α,β-unsaturated/α-hetero) is 1. The predicted octanol–water partition coefficient (Wildman–Crippen LogP) is 3.60. The standard InChI is InChI=1S/C29H37N5O4/c1-2-32-27-25(24(17-5-6-17)22(28(32)36)14-21(35)11-16-3-4-16)26(31-34(27)19-7-9-38-10-8-19)29(37)33-20(15-30)12-18-13-23(18)33/h16-20,22-24H,2-14H2,1H3/t18-,20-,22-,23+,24+/m0/s1. The van der Waals surface area contributed by atoms with Gasteiger partial charge in [0.1, 0.15) is 17.6 Å². The number of anilines is 1. The number of amides is 2. The molecule has 0 radical (unpaired) electrons. The molecule has 5 atom stereocenters. The molecule has 0 unspecified atom stereocenters. The minimum atomic E-state index is -0.445. The maximum atomic E-state index is 14.3. The van der Waals surface area contributed by atoms with Gasteiger partial charge in [0, 0.05) is 50.1 Å². The van der Waals surface area contributed by atoms with E-state index in [1.54, 1.807) is 9.80 Å². The van der Waals surface area contributed by atoms with Gasteiger partial charge in [-0.15, -0.1) is 0 Å². The molecule has 202 valence electrons. The van der Waals surface area contributed by atoms with Gasteiger partial charge >= 0.3 is 0 Å². The molecule has 9 nitrogen and oxygen atoms in total. The van der Waals surface area contributed by atoms with Crippen LogP contribution >= 0.6 is 0 Å². The Kier molecular flexibility index (Phi) is 5.88. The van der Waals surface area contributed by atoms with Crippen LogP contribution in [0.25, 0.3) is 0 Å². The van der Waals surface area contributed by atoms with Crippen molar-refractivity contribution < 1.29 is 19.1 Å². The molecular formula is C29H37N5O4. The number of carbonyl (C=O) groups excluding carboxylic acids is 3. The number of ketones is 1. The highest BCUT2D eigenvalue weighted by Crippen LogP contribution is 2.56. The number of hydrogen-bond acceptors (Lipinski definition) is 6. The van der Waals surface area contributed by atoms with E-state index >= 15 is 0 Å². The van der Waals surface area contributed by atoms with Gasteiger partial charge in [0.25, 0.3) is 5.91 Å². The minimum Gasteiger partial charge on any atom is -0.381 e. The summed E-state index contributed by atoms with van der Waals surface area (Å²) in [5, 5.41) is 14.9. The lowest BCUT2D eigenvalue weighted by Gasteiger charge is -2.39. The van der Waals surface area contributed by atoms with E-state index in [1.165, 1.54) is 0 Å². The van der Waals surface area contributed by atoms with Crippen LogP contribution in [0.5, 0.6) is 0 Å². The Morgan fingerprint density at radius 1 is 1.05 bits per heavy atom. The molecule has 6 aliphatic rings. The molecule has 5 fully saturated rings. The van der Waals surface area contributed by atoms with E-state index in [4.69, 9.17) is 9.84 Å². The van der Waals surface area contributed by atoms with Crippen LogP contribution in [-0.2, 0) is 14.3 Å². The molecule has 2 amide bonds. The summed E-state index contributed by atoms with van der Waals surface area (Å²) in [6.07, 6.45) is 8.28. The number of rotatable bonds is 8. The highest BCUT2D eigenvalue weighted by Gasteiger charge is 2.57. The summed E-state index contributed by atoms with van der Waals surface area (Å²) < 4.78 is 7.57. The van der Waals surface area contributed by atoms with Gasteiger partial charge in [-0.25, -0.2) is 4.68 Å². The zero-order valence-electron chi connectivity index (χ0n) is 22.2. The number of piperidine rings is 1. The zero-order valence-corrected chi connectivity index (χ0v) is 22.2. The van der Waals surface area contributed by atoms with Gasteiger partial charge < -0.3 is 9.64 Å². The summed E-state index contributed by atoms with van der Waals surface area (Å²) in [6, 6.07) is 2.11. The average Bonchev–Trinajstić information content (AvgIpc) is 3.85. The van der Waals surface area contributed by atoms with Crippen molar-refractivity contribution in [3.63, 3.8) is 0 Å². The van der Waals surface area contributed by atoms with Crippen LogP contribution in [0.15, 0.2) is 0 Å². The van der Waals surface area contributed by atoms with Crippen molar-refractivity contribution in [1.82, 2.24) is 14.7 Å². The van der Waals surface area contributed by atoms with Crippen LogP contribution in [0.2, 0.25) is 0 Å². The molecular weight excluding hydrogens is 482 g/mol. The van der Waals surface area contributed by atoms with Gasteiger partial charge in [-0.1, -0.05) is 0 Å². The molecule has 9 heteroatoms. The SMILES string of the molecule is CCN1C(=O)[C@@H](CC(=O)CC2CC2)[C@@H](C2CC2)c2c(C(=O)N3[C@H](C#N)C[C@H]4C[C@H]43)nn(C3CCOCC3)c21. The molecule has 0 spiro atoms. The van der Waals surface area contributed by atoms with Crippen molar-refractivity contribution in [3.8, 4) is 6.07 Å². The maximum absolute atomic E-state index is 14.3. The maximum Gasteiger partial charge on any atom is 0.276 e. The third-order valence-corrected chi connectivity index (χ3v) is 9.86. The van der Waals surface area contributed by atoms with Crippen molar-refractivity contribution >= 4 is 23.4 Å².